The molecule has 0 bridgehead atoms. The van der Waals surface area contributed by atoms with Crippen molar-refractivity contribution in [3.8, 4) is 11.5 Å². The van der Waals surface area contributed by atoms with E-state index in [9.17, 15) is 8.42 Å². The maximum atomic E-state index is 13.0. The van der Waals surface area contributed by atoms with Crippen molar-refractivity contribution < 1.29 is 12.8 Å². The van der Waals surface area contributed by atoms with E-state index in [0.717, 1.165) is 6.42 Å². The van der Waals surface area contributed by atoms with Gasteiger partial charge in [-0.15, -0.1) is 10.2 Å². The van der Waals surface area contributed by atoms with Gasteiger partial charge in [0.25, 0.3) is 0 Å². The van der Waals surface area contributed by atoms with Gasteiger partial charge >= 0.3 is 0 Å². The molecule has 9 nitrogen and oxygen atoms in total. The van der Waals surface area contributed by atoms with Crippen LogP contribution in [0.4, 0.5) is 0 Å². The Morgan fingerprint density at radius 2 is 2.19 bits per heavy atom. The highest BCUT2D eigenvalue weighted by Crippen LogP contribution is 2.36. The topological polar surface area (TPSA) is 107 Å². The van der Waals surface area contributed by atoms with Crippen molar-refractivity contribution in [3.05, 3.63) is 42.8 Å². The average Bonchev–Trinajstić information content (AvgIpc) is 3.41. The molecule has 0 radical (unpaired) electrons. The molecule has 0 spiro atoms. The van der Waals surface area contributed by atoms with Crippen LogP contribution in [0.3, 0.4) is 0 Å². The number of hydrogen-bond acceptors (Lipinski definition) is 7. The summed E-state index contributed by atoms with van der Waals surface area (Å²) in [5.41, 5.74) is 0.697. The van der Waals surface area contributed by atoms with E-state index in [1.807, 2.05) is 13.0 Å². The van der Waals surface area contributed by atoms with Gasteiger partial charge in [-0.2, -0.15) is 9.40 Å². The molecule has 1 aliphatic heterocycles. The normalized spacial score (nSPS) is 18.4. The molecular formula is C16H18N6O3S. The van der Waals surface area contributed by atoms with Crippen LogP contribution in [-0.4, -0.2) is 44.2 Å². The Morgan fingerprint density at radius 1 is 1.31 bits per heavy atom. The molecule has 4 rings (SSSR count). The maximum Gasteiger partial charge on any atom is 0.249 e. The molecule has 3 aromatic rings. The first-order chi connectivity index (χ1) is 12.6. The molecule has 0 N–H and O–H groups in total. The lowest BCUT2D eigenvalue weighted by atomic mass is 10.2. The Hall–Kier alpha value is -2.59. The predicted molar refractivity (Wildman–Crippen MR) is 91.3 cm³/mol. The summed E-state index contributed by atoms with van der Waals surface area (Å²) in [6.45, 7) is 2.92. The molecule has 10 heteroatoms. The van der Waals surface area contributed by atoms with Gasteiger partial charge in [-0.3, -0.25) is 9.67 Å². The molecule has 0 unspecified atom stereocenters. The molecule has 1 aliphatic rings. The van der Waals surface area contributed by atoms with Crippen molar-refractivity contribution in [2.75, 3.05) is 6.54 Å². The predicted octanol–water partition coefficient (Wildman–Crippen LogP) is 1.87. The summed E-state index contributed by atoms with van der Waals surface area (Å²) in [6, 6.07) is 3.12. The Bertz CT molecular complexity index is 998. The number of sulfonamides is 1. The molecule has 4 heterocycles. The van der Waals surface area contributed by atoms with E-state index in [1.54, 1.807) is 29.3 Å². The lowest BCUT2D eigenvalue weighted by molar-refractivity contribution is 0.332. The van der Waals surface area contributed by atoms with E-state index in [-0.39, 0.29) is 4.90 Å². The summed E-state index contributed by atoms with van der Waals surface area (Å²) in [5.74, 6) is 0.629. The van der Waals surface area contributed by atoms with Gasteiger partial charge in [0.2, 0.25) is 21.8 Å². The molecule has 0 saturated carbocycles. The third-order valence-electron chi connectivity index (χ3n) is 4.38. The number of rotatable bonds is 5. The van der Waals surface area contributed by atoms with Gasteiger partial charge in [0, 0.05) is 31.7 Å². The quantitative estimate of drug-likeness (QED) is 0.671. The fraction of sp³-hybridized carbons (Fsp3) is 0.375. The van der Waals surface area contributed by atoms with Crippen molar-refractivity contribution in [3.63, 3.8) is 0 Å². The highest BCUT2D eigenvalue weighted by atomic mass is 32.2. The maximum absolute atomic E-state index is 13.0. The fourth-order valence-corrected chi connectivity index (χ4v) is 4.64. The summed E-state index contributed by atoms with van der Waals surface area (Å²) in [6.07, 6.45) is 7.57. The summed E-state index contributed by atoms with van der Waals surface area (Å²) >= 11 is 0. The van der Waals surface area contributed by atoms with Gasteiger partial charge < -0.3 is 4.42 Å². The zero-order chi connectivity index (χ0) is 18.1. The molecule has 0 aromatic carbocycles. The zero-order valence-corrected chi connectivity index (χ0v) is 15.0. The Labute approximate surface area is 150 Å². The molecule has 26 heavy (non-hydrogen) atoms. The summed E-state index contributed by atoms with van der Waals surface area (Å²) in [5, 5.41) is 12.2. The van der Waals surface area contributed by atoms with Crippen molar-refractivity contribution in [1.29, 1.82) is 0 Å². The summed E-state index contributed by atoms with van der Waals surface area (Å²) in [7, 11) is -3.67. The van der Waals surface area contributed by atoms with Crippen LogP contribution >= 0.6 is 0 Å². The summed E-state index contributed by atoms with van der Waals surface area (Å²) in [4.78, 5) is 4.21. The van der Waals surface area contributed by atoms with Gasteiger partial charge in [0.15, 0.2) is 0 Å². The Morgan fingerprint density at radius 3 is 2.92 bits per heavy atom. The van der Waals surface area contributed by atoms with E-state index in [4.69, 9.17) is 4.42 Å². The molecule has 1 fully saturated rings. The molecule has 0 amide bonds. The summed E-state index contributed by atoms with van der Waals surface area (Å²) < 4.78 is 34.8. The molecule has 1 saturated heterocycles. The molecule has 0 aliphatic carbocycles. The highest BCUT2D eigenvalue weighted by Gasteiger charge is 2.39. The van der Waals surface area contributed by atoms with E-state index in [1.165, 1.54) is 10.5 Å². The van der Waals surface area contributed by atoms with Crippen LogP contribution in [0.1, 0.15) is 31.7 Å². The number of aromatic nitrogens is 5. The molecule has 3 aromatic heterocycles. The monoisotopic (exact) mass is 374 g/mol. The van der Waals surface area contributed by atoms with Crippen LogP contribution in [0.15, 0.2) is 46.2 Å². The van der Waals surface area contributed by atoms with Crippen molar-refractivity contribution >= 4 is 10.0 Å². The minimum Gasteiger partial charge on any atom is -0.419 e. The van der Waals surface area contributed by atoms with Crippen molar-refractivity contribution in [2.45, 2.75) is 37.2 Å². The van der Waals surface area contributed by atoms with Crippen LogP contribution in [0.5, 0.6) is 0 Å². The smallest absolute Gasteiger partial charge is 0.249 e. The van der Waals surface area contributed by atoms with Crippen LogP contribution < -0.4 is 0 Å². The van der Waals surface area contributed by atoms with Gasteiger partial charge in [-0.25, -0.2) is 8.42 Å². The lowest BCUT2D eigenvalue weighted by Crippen LogP contribution is -2.30. The molecular weight excluding hydrogens is 356 g/mol. The van der Waals surface area contributed by atoms with Crippen LogP contribution in [0, 0.1) is 0 Å². The number of aryl methyl sites for hydroxylation is 1. The van der Waals surface area contributed by atoms with Gasteiger partial charge in [0.1, 0.15) is 10.9 Å². The number of hydrogen-bond donors (Lipinski definition) is 0. The Balaban J connectivity index is 1.64. The lowest BCUT2D eigenvalue weighted by Gasteiger charge is -2.20. The van der Waals surface area contributed by atoms with Gasteiger partial charge in [0.05, 0.1) is 11.8 Å². The van der Waals surface area contributed by atoms with Gasteiger partial charge in [-0.1, -0.05) is 0 Å². The third-order valence-corrected chi connectivity index (χ3v) is 6.24. The second-order valence-electron chi connectivity index (χ2n) is 5.99. The SMILES string of the molecule is CCn1cc(S(=O)(=O)N2CCC[C@H]2c2nnc(-c3cccnc3)o2)cn1. The van der Waals surface area contributed by atoms with Crippen molar-refractivity contribution in [1.82, 2.24) is 29.3 Å². The minimum atomic E-state index is -3.67. The number of pyridine rings is 1. The average molecular weight is 374 g/mol. The first-order valence-electron chi connectivity index (χ1n) is 8.37. The molecule has 1 atom stereocenters. The van der Waals surface area contributed by atoms with Crippen LogP contribution in [0.2, 0.25) is 0 Å². The van der Waals surface area contributed by atoms with Gasteiger partial charge in [-0.05, 0) is 31.9 Å². The fourth-order valence-electron chi connectivity index (χ4n) is 3.04. The first-order valence-corrected chi connectivity index (χ1v) is 9.81. The van der Waals surface area contributed by atoms with E-state index in [2.05, 4.69) is 20.3 Å². The highest BCUT2D eigenvalue weighted by molar-refractivity contribution is 7.89. The van der Waals surface area contributed by atoms with E-state index in [0.29, 0.717) is 36.9 Å². The second-order valence-corrected chi connectivity index (χ2v) is 7.88. The third kappa shape index (κ3) is 2.90. The van der Waals surface area contributed by atoms with Crippen molar-refractivity contribution in [2.24, 2.45) is 0 Å². The molecule has 136 valence electrons. The standard InChI is InChI=1S/C16H18N6O3S/c1-2-21-11-13(10-18-21)26(23,24)22-8-4-6-14(22)16-20-19-15(25-16)12-5-3-7-17-9-12/h3,5,7,9-11,14H,2,4,6,8H2,1H3/t14-/m0/s1. The zero-order valence-electron chi connectivity index (χ0n) is 14.2. The number of nitrogens with zero attached hydrogens (tertiary/aromatic N) is 6. The minimum absolute atomic E-state index is 0.179. The van der Waals surface area contributed by atoms with Crippen LogP contribution in [0.25, 0.3) is 11.5 Å². The van der Waals surface area contributed by atoms with Crippen LogP contribution in [-0.2, 0) is 16.6 Å². The largest absolute Gasteiger partial charge is 0.419 e. The Kier molecular flexibility index (Phi) is 4.29. The van der Waals surface area contributed by atoms with E-state index < -0.39 is 16.1 Å². The second kappa shape index (κ2) is 6.61. The van der Waals surface area contributed by atoms with E-state index >= 15 is 0 Å². The first kappa shape index (κ1) is 16.9.